The van der Waals surface area contributed by atoms with Crippen molar-refractivity contribution < 1.29 is 0 Å². The zero-order valence-corrected chi connectivity index (χ0v) is 11.8. The van der Waals surface area contributed by atoms with Gasteiger partial charge in [-0.25, -0.2) is 4.98 Å². The number of aromatic nitrogens is 1. The third-order valence-corrected chi connectivity index (χ3v) is 3.59. The average molecular weight is 279 g/mol. The van der Waals surface area contributed by atoms with Crippen molar-refractivity contribution in [2.45, 2.75) is 23.1 Å². The van der Waals surface area contributed by atoms with E-state index in [1.54, 1.807) is 11.8 Å². The van der Waals surface area contributed by atoms with E-state index in [0.717, 1.165) is 23.8 Å². The van der Waals surface area contributed by atoms with Crippen LogP contribution in [-0.2, 0) is 0 Å². The van der Waals surface area contributed by atoms with Gasteiger partial charge in [-0.1, -0.05) is 30.3 Å². The van der Waals surface area contributed by atoms with Gasteiger partial charge >= 0.3 is 0 Å². The van der Waals surface area contributed by atoms with Gasteiger partial charge in [0.2, 0.25) is 0 Å². The van der Waals surface area contributed by atoms with Crippen LogP contribution in [0.25, 0.3) is 0 Å². The quantitative estimate of drug-likeness (QED) is 0.857. The lowest BCUT2D eigenvalue weighted by Crippen LogP contribution is -2.01. The fourth-order valence-electron chi connectivity index (χ4n) is 1.46. The minimum atomic E-state index is 0.763. The number of halogens is 1. The van der Waals surface area contributed by atoms with Crippen LogP contribution in [0.4, 0.5) is 5.82 Å². The Morgan fingerprint density at radius 3 is 2.67 bits per heavy atom. The van der Waals surface area contributed by atoms with Crippen molar-refractivity contribution in [1.82, 2.24) is 4.98 Å². The topological polar surface area (TPSA) is 24.9 Å². The molecule has 0 radical (unpaired) electrons. The summed E-state index contributed by atoms with van der Waals surface area (Å²) in [5.74, 6) is 0.927. The first-order valence-corrected chi connectivity index (χ1v) is 7.10. The van der Waals surface area contributed by atoms with Gasteiger partial charge in [-0.15, -0.1) is 0 Å². The minimum absolute atomic E-state index is 0.763. The summed E-state index contributed by atoms with van der Waals surface area (Å²) in [6.45, 7) is 3.08. The molecule has 2 nitrogen and oxygen atoms in total. The van der Waals surface area contributed by atoms with Crippen LogP contribution in [0.5, 0.6) is 0 Å². The SMILES string of the molecule is CCCNc1cc(Sc2ccc(Cl)cc2)ccn1. The molecule has 1 heterocycles. The van der Waals surface area contributed by atoms with E-state index in [9.17, 15) is 0 Å². The van der Waals surface area contributed by atoms with Crippen LogP contribution in [-0.4, -0.2) is 11.5 Å². The van der Waals surface area contributed by atoms with E-state index in [1.807, 2.05) is 36.5 Å². The summed E-state index contributed by atoms with van der Waals surface area (Å²) in [5, 5.41) is 4.05. The number of nitrogens with zero attached hydrogens (tertiary/aromatic N) is 1. The van der Waals surface area contributed by atoms with Gasteiger partial charge in [0.05, 0.1) is 0 Å². The summed E-state index contributed by atoms with van der Waals surface area (Å²) in [6.07, 6.45) is 2.92. The zero-order valence-electron chi connectivity index (χ0n) is 10.2. The van der Waals surface area contributed by atoms with Crippen LogP contribution in [0.1, 0.15) is 13.3 Å². The fraction of sp³-hybridized carbons (Fsp3) is 0.214. The zero-order chi connectivity index (χ0) is 12.8. The van der Waals surface area contributed by atoms with E-state index >= 15 is 0 Å². The molecule has 0 aliphatic heterocycles. The molecular formula is C14H15ClN2S. The number of hydrogen-bond donors (Lipinski definition) is 1. The smallest absolute Gasteiger partial charge is 0.127 e. The molecule has 18 heavy (non-hydrogen) atoms. The first-order valence-electron chi connectivity index (χ1n) is 5.91. The molecule has 0 bridgehead atoms. The van der Waals surface area contributed by atoms with E-state index < -0.39 is 0 Å². The molecule has 1 aromatic heterocycles. The molecule has 1 aromatic carbocycles. The lowest BCUT2D eigenvalue weighted by molar-refractivity contribution is 0.967. The summed E-state index contributed by atoms with van der Waals surface area (Å²) in [7, 11) is 0. The highest BCUT2D eigenvalue weighted by Gasteiger charge is 2.00. The molecule has 94 valence electrons. The molecule has 0 aliphatic rings. The van der Waals surface area contributed by atoms with Crippen molar-refractivity contribution in [3.8, 4) is 0 Å². The normalized spacial score (nSPS) is 10.3. The predicted octanol–water partition coefficient (Wildman–Crippen LogP) is 4.71. The van der Waals surface area contributed by atoms with Crippen molar-refractivity contribution in [2.75, 3.05) is 11.9 Å². The summed E-state index contributed by atoms with van der Waals surface area (Å²) < 4.78 is 0. The van der Waals surface area contributed by atoms with Crippen LogP contribution in [0.15, 0.2) is 52.4 Å². The Balaban J connectivity index is 2.06. The molecule has 0 aliphatic carbocycles. The van der Waals surface area contributed by atoms with E-state index in [-0.39, 0.29) is 0 Å². The van der Waals surface area contributed by atoms with Crippen LogP contribution < -0.4 is 5.32 Å². The second kappa shape index (κ2) is 6.66. The largest absolute Gasteiger partial charge is 0.370 e. The van der Waals surface area contributed by atoms with Crippen molar-refractivity contribution in [1.29, 1.82) is 0 Å². The standard InChI is InChI=1S/C14H15ClN2S/c1-2-8-16-14-10-13(7-9-17-14)18-12-5-3-11(15)4-6-12/h3-7,9-10H,2,8H2,1H3,(H,16,17). The summed E-state index contributed by atoms with van der Waals surface area (Å²) >= 11 is 7.57. The third kappa shape index (κ3) is 3.93. The van der Waals surface area contributed by atoms with Gasteiger partial charge in [-0.2, -0.15) is 0 Å². The first kappa shape index (κ1) is 13.2. The lowest BCUT2D eigenvalue weighted by Gasteiger charge is -2.06. The van der Waals surface area contributed by atoms with E-state index in [1.165, 1.54) is 9.79 Å². The highest BCUT2D eigenvalue weighted by molar-refractivity contribution is 7.99. The minimum Gasteiger partial charge on any atom is -0.370 e. The molecule has 0 amide bonds. The van der Waals surface area contributed by atoms with Crippen LogP contribution in [0.2, 0.25) is 5.02 Å². The summed E-state index contributed by atoms with van der Waals surface area (Å²) in [4.78, 5) is 6.63. The van der Waals surface area contributed by atoms with Gasteiger partial charge in [0, 0.05) is 27.6 Å². The van der Waals surface area contributed by atoms with Gasteiger partial charge in [0.25, 0.3) is 0 Å². The van der Waals surface area contributed by atoms with Crippen LogP contribution in [0.3, 0.4) is 0 Å². The van der Waals surface area contributed by atoms with Crippen molar-refractivity contribution in [3.05, 3.63) is 47.6 Å². The first-order chi connectivity index (χ1) is 8.78. The van der Waals surface area contributed by atoms with Crippen molar-refractivity contribution >= 4 is 29.2 Å². The number of benzene rings is 1. The molecule has 0 saturated heterocycles. The number of pyridine rings is 1. The summed E-state index contributed by atoms with van der Waals surface area (Å²) in [6, 6.07) is 11.9. The second-order valence-corrected chi connectivity index (χ2v) is 5.44. The molecule has 0 spiro atoms. The molecule has 2 rings (SSSR count). The molecule has 2 aromatic rings. The maximum absolute atomic E-state index is 5.87. The fourth-order valence-corrected chi connectivity index (χ4v) is 2.43. The van der Waals surface area contributed by atoms with Gasteiger partial charge in [0.1, 0.15) is 5.82 Å². The Hall–Kier alpha value is -1.19. The average Bonchev–Trinajstić information content (AvgIpc) is 2.40. The summed E-state index contributed by atoms with van der Waals surface area (Å²) in [5.41, 5.74) is 0. The Bertz CT molecular complexity index is 499. The van der Waals surface area contributed by atoms with Gasteiger partial charge in [-0.3, -0.25) is 0 Å². The second-order valence-electron chi connectivity index (χ2n) is 3.86. The number of rotatable bonds is 5. The highest BCUT2D eigenvalue weighted by Crippen LogP contribution is 2.29. The molecule has 0 atom stereocenters. The number of hydrogen-bond acceptors (Lipinski definition) is 3. The van der Waals surface area contributed by atoms with Crippen molar-refractivity contribution in [3.63, 3.8) is 0 Å². The Morgan fingerprint density at radius 1 is 1.17 bits per heavy atom. The molecule has 0 saturated carbocycles. The Kier molecular flexibility index (Phi) is 4.90. The van der Waals surface area contributed by atoms with Crippen LogP contribution in [0, 0.1) is 0 Å². The maximum atomic E-state index is 5.87. The molecule has 0 fully saturated rings. The van der Waals surface area contributed by atoms with Gasteiger partial charge < -0.3 is 5.32 Å². The third-order valence-electron chi connectivity index (χ3n) is 2.34. The Morgan fingerprint density at radius 2 is 1.94 bits per heavy atom. The predicted molar refractivity (Wildman–Crippen MR) is 78.6 cm³/mol. The van der Waals surface area contributed by atoms with Crippen LogP contribution >= 0.6 is 23.4 Å². The Labute approximate surface area is 117 Å². The molecule has 0 unspecified atom stereocenters. The molecule has 1 N–H and O–H groups in total. The lowest BCUT2D eigenvalue weighted by atomic mass is 10.4. The monoisotopic (exact) mass is 278 g/mol. The maximum Gasteiger partial charge on any atom is 0.127 e. The van der Waals surface area contributed by atoms with Gasteiger partial charge in [0.15, 0.2) is 0 Å². The molecular weight excluding hydrogens is 264 g/mol. The van der Waals surface area contributed by atoms with Gasteiger partial charge in [-0.05, 0) is 42.8 Å². The van der Waals surface area contributed by atoms with Crippen molar-refractivity contribution in [2.24, 2.45) is 0 Å². The van der Waals surface area contributed by atoms with E-state index in [0.29, 0.717) is 0 Å². The van der Waals surface area contributed by atoms with E-state index in [2.05, 4.69) is 23.3 Å². The number of anilines is 1. The van der Waals surface area contributed by atoms with E-state index in [4.69, 9.17) is 11.6 Å². The molecule has 4 heteroatoms. The highest BCUT2D eigenvalue weighted by atomic mass is 35.5. The number of nitrogens with one attached hydrogen (secondary N) is 1.